The average Bonchev–Trinajstić information content (AvgIpc) is 2.76. The van der Waals surface area contributed by atoms with E-state index < -0.39 is 0 Å². The molecule has 0 aliphatic rings. The summed E-state index contributed by atoms with van der Waals surface area (Å²) in [4.78, 5) is 9.31. The summed E-state index contributed by atoms with van der Waals surface area (Å²) in [6.07, 6.45) is 1.75. The molecular weight excluding hydrogens is 424 g/mol. The number of halogens is 1. The Morgan fingerprint density at radius 3 is 2.07 bits per heavy atom. The maximum atomic E-state index is 4.66. The number of aryl methyl sites for hydroxylation is 1. The van der Waals surface area contributed by atoms with Crippen molar-refractivity contribution in [2.75, 3.05) is 5.43 Å². The molecule has 4 rings (SSSR count). The first-order valence-corrected chi connectivity index (χ1v) is 10.0. The number of hydrogen-bond acceptors (Lipinski definition) is 4. The molecule has 0 saturated carbocycles. The normalized spacial score (nSPS) is 11.0. The van der Waals surface area contributed by atoms with Crippen LogP contribution in [-0.2, 0) is 0 Å². The molecule has 0 fully saturated rings. The zero-order chi connectivity index (χ0) is 20.1. The highest BCUT2D eigenvalue weighted by molar-refractivity contribution is 9.10. The molecule has 1 heterocycles. The minimum absolute atomic E-state index is 0.454. The molecule has 4 aromatic rings. The Hall–Kier alpha value is -3.31. The summed E-state index contributed by atoms with van der Waals surface area (Å²) in [5.74, 6) is 0.454. The summed E-state index contributed by atoms with van der Waals surface area (Å²) in [6, 6.07) is 28.3. The summed E-state index contributed by atoms with van der Waals surface area (Å²) < 4.78 is 1.03. The molecule has 0 atom stereocenters. The van der Waals surface area contributed by atoms with Crippen LogP contribution in [0.3, 0.4) is 0 Å². The molecule has 0 aliphatic carbocycles. The molecule has 0 unspecified atom stereocenters. The highest BCUT2D eigenvalue weighted by atomic mass is 79.9. The Morgan fingerprint density at radius 1 is 0.793 bits per heavy atom. The Kier molecular flexibility index (Phi) is 5.77. The standard InChI is InChI=1S/C24H19BrN4/c1-17-7-11-20(12-8-17)23-15-22(19-5-3-2-4-6-19)27-24(28-23)29-26-16-18-9-13-21(25)14-10-18/h2-16H,1H3,(H,27,28,29)/b26-16+. The van der Waals surface area contributed by atoms with Gasteiger partial charge in [0.05, 0.1) is 17.6 Å². The quantitative estimate of drug-likeness (QED) is 0.290. The van der Waals surface area contributed by atoms with E-state index in [0.717, 1.165) is 32.6 Å². The third-order valence-corrected chi connectivity index (χ3v) is 4.92. The van der Waals surface area contributed by atoms with Crippen molar-refractivity contribution < 1.29 is 0 Å². The summed E-state index contributed by atoms with van der Waals surface area (Å²) >= 11 is 3.43. The molecule has 5 heteroatoms. The van der Waals surface area contributed by atoms with Crippen LogP contribution in [-0.4, -0.2) is 16.2 Å². The molecular formula is C24H19BrN4. The van der Waals surface area contributed by atoms with Crippen molar-refractivity contribution in [1.82, 2.24) is 9.97 Å². The van der Waals surface area contributed by atoms with Crippen molar-refractivity contribution in [2.24, 2.45) is 5.10 Å². The maximum absolute atomic E-state index is 4.66. The first-order chi connectivity index (χ1) is 14.2. The lowest BCUT2D eigenvalue weighted by molar-refractivity contribution is 1.13. The SMILES string of the molecule is Cc1ccc(-c2cc(-c3ccccc3)nc(N/N=C/c3ccc(Br)cc3)n2)cc1. The Bertz CT molecular complexity index is 1120. The van der Waals surface area contributed by atoms with E-state index in [-0.39, 0.29) is 0 Å². The van der Waals surface area contributed by atoms with Crippen LogP contribution in [0.2, 0.25) is 0 Å². The highest BCUT2D eigenvalue weighted by Crippen LogP contribution is 2.25. The van der Waals surface area contributed by atoms with Crippen molar-refractivity contribution in [1.29, 1.82) is 0 Å². The molecule has 0 saturated heterocycles. The Morgan fingerprint density at radius 2 is 1.41 bits per heavy atom. The van der Waals surface area contributed by atoms with E-state index in [1.54, 1.807) is 6.21 Å². The number of benzene rings is 3. The fourth-order valence-electron chi connectivity index (χ4n) is 2.84. The fraction of sp³-hybridized carbons (Fsp3) is 0.0417. The smallest absolute Gasteiger partial charge is 0.244 e. The number of nitrogens with zero attached hydrogens (tertiary/aromatic N) is 3. The minimum Gasteiger partial charge on any atom is -0.245 e. The number of hydrazone groups is 1. The van der Waals surface area contributed by atoms with Crippen molar-refractivity contribution in [3.8, 4) is 22.5 Å². The lowest BCUT2D eigenvalue weighted by atomic mass is 10.1. The van der Waals surface area contributed by atoms with Crippen molar-refractivity contribution in [3.05, 3.63) is 101 Å². The molecule has 29 heavy (non-hydrogen) atoms. The zero-order valence-corrected chi connectivity index (χ0v) is 17.5. The second-order valence-electron chi connectivity index (χ2n) is 6.62. The molecule has 142 valence electrons. The van der Waals surface area contributed by atoms with Gasteiger partial charge >= 0.3 is 0 Å². The van der Waals surface area contributed by atoms with Crippen LogP contribution in [0, 0.1) is 6.92 Å². The van der Waals surface area contributed by atoms with Gasteiger partial charge in [-0.05, 0) is 30.7 Å². The predicted molar refractivity (Wildman–Crippen MR) is 123 cm³/mol. The van der Waals surface area contributed by atoms with Crippen LogP contribution in [0.1, 0.15) is 11.1 Å². The van der Waals surface area contributed by atoms with Crippen molar-refractivity contribution in [3.63, 3.8) is 0 Å². The van der Waals surface area contributed by atoms with E-state index in [1.807, 2.05) is 60.7 Å². The van der Waals surface area contributed by atoms with E-state index in [9.17, 15) is 0 Å². The summed E-state index contributed by atoms with van der Waals surface area (Å²) in [5.41, 5.74) is 8.93. The van der Waals surface area contributed by atoms with E-state index in [2.05, 4.69) is 67.6 Å². The summed E-state index contributed by atoms with van der Waals surface area (Å²) in [6.45, 7) is 2.07. The maximum Gasteiger partial charge on any atom is 0.244 e. The van der Waals surface area contributed by atoms with Gasteiger partial charge in [0.1, 0.15) is 0 Å². The first-order valence-electron chi connectivity index (χ1n) is 9.23. The minimum atomic E-state index is 0.454. The van der Waals surface area contributed by atoms with Crippen LogP contribution >= 0.6 is 15.9 Å². The molecule has 0 radical (unpaired) electrons. The second kappa shape index (κ2) is 8.80. The Balaban J connectivity index is 1.67. The third-order valence-electron chi connectivity index (χ3n) is 4.39. The van der Waals surface area contributed by atoms with Gasteiger partial charge in [-0.3, -0.25) is 0 Å². The van der Waals surface area contributed by atoms with Gasteiger partial charge in [-0.15, -0.1) is 0 Å². The molecule has 0 spiro atoms. The third kappa shape index (κ3) is 4.95. The molecule has 1 aromatic heterocycles. The first kappa shape index (κ1) is 19.0. The molecule has 3 aromatic carbocycles. The van der Waals surface area contributed by atoms with Gasteiger partial charge in [0.15, 0.2) is 0 Å². The predicted octanol–water partition coefficient (Wildman–Crippen LogP) is 6.33. The van der Waals surface area contributed by atoms with Gasteiger partial charge in [0.2, 0.25) is 5.95 Å². The lowest BCUT2D eigenvalue weighted by Gasteiger charge is -2.08. The molecule has 1 N–H and O–H groups in total. The number of aromatic nitrogens is 2. The van der Waals surface area contributed by atoms with Crippen LogP contribution in [0.25, 0.3) is 22.5 Å². The second-order valence-corrected chi connectivity index (χ2v) is 7.53. The monoisotopic (exact) mass is 442 g/mol. The van der Waals surface area contributed by atoms with Crippen LogP contribution < -0.4 is 5.43 Å². The van der Waals surface area contributed by atoms with Gasteiger partial charge < -0.3 is 0 Å². The van der Waals surface area contributed by atoms with E-state index >= 15 is 0 Å². The largest absolute Gasteiger partial charge is 0.245 e. The van der Waals surface area contributed by atoms with Gasteiger partial charge in [-0.25, -0.2) is 15.4 Å². The summed E-state index contributed by atoms with van der Waals surface area (Å²) in [5, 5.41) is 4.31. The van der Waals surface area contributed by atoms with Crippen LogP contribution in [0.15, 0.2) is 94.5 Å². The Labute approximate surface area is 178 Å². The molecule has 0 amide bonds. The molecule has 0 aliphatic heterocycles. The number of nitrogens with one attached hydrogen (secondary N) is 1. The summed E-state index contributed by atoms with van der Waals surface area (Å²) in [7, 11) is 0. The number of anilines is 1. The zero-order valence-electron chi connectivity index (χ0n) is 15.9. The van der Waals surface area contributed by atoms with Crippen LogP contribution in [0.4, 0.5) is 5.95 Å². The van der Waals surface area contributed by atoms with E-state index in [1.165, 1.54) is 5.56 Å². The lowest BCUT2D eigenvalue weighted by Crippen LogP contribution is -2.00. The number of rotatable bonds is 5. The topological polar surface area (TPSA) is 50.2 Å². The van der Waals surface area contributed by atoms with Gasteiger partial charge in [-0.1, -0.05) is 88.2 Å². The van der Waals surface area contributed by atoms with Gasteiger partial charge in [0, 0.05) is 15.6 Å². The fourth-order valence-corrected chi connectivity index (χ4v) is 3.10. The van der Waals surface area contributed by atoms with Gasteiger partial charge in [-0.2, -0.15) is 5.10 Å². The van der Waals surface area contributed by atoms with E-state index in [4.69, 9.17) is 0 Å². The van der Waals surface area contributed by atoms with Crippen LogP contribution in [0.5, 0.6) is 0 Å². The van der Waals surface area contributed by atoms with Gasteiger partial charge in [0.25, 0.3) is 0 Å². The van der Waals surface area contributed by atoms with Crippen molar-refractivity contribution >= 4 is 28.1 Å². The number of hydrogen-bond donors (Lipinski definition) is 1. The molecule has 4 nitrogen and oxygen atoms in total. The average molecular weight is 443 g/mol. The van der Waals surface area contributed by atoms with Crippen molar-refractivity contribution in [2.45, 2.75) is 6.92 Å². The molecule has 0 bridgehead atoms. The highest BCUT2D eigenvalue weighted by Gasteiger charge is 2.08. The van der Waals surface area contributed by atoms with E-state index in [0.29, 0.717) is 5.95 Å².